The van der Waals surface area contributed by atoms with Gasteiger partial charge in [0.05, 0.1) is 25.1 Å². The van der Waals surface area contributed by atoms with E-state index in [2.05, 4.69) is 25.3 Å². The fraction of sp³-hybridized carbons (Fsp3) is 0.143. The Labute approximate surface area is 162 Å². The van der Waals surface area contributed by atoms with E-state index in [1.807, 2.05) is 32.0 Å². The van der Waals surface area contributed by atoms with Crippen molar-refractivity contribution >= 4 is 29.1 Å². The first-order chi connectivity index (χ1) is 13.5. The van der Waals surface area contributed by atoms with Gasteiger partial charge in [-0.15, -0.1) is 0 Å². The van der Waals surface area contributed by atoms with E-state index in [9.17, 15) is 9.59 Å². The normalized spacial score (nSPS) is 10.2. The van der Waals surface area contributed by atoms with Crippen LogP contribution in [0, 0.1) is 13.8 Å². The largest absolute Gasteiger partial charge is 0.465 e. The number of hydrogen-bond donors (Lipinski definition) is 2. The number of carbonyl (C=O) groups excluding carboxylic acids is 2. The molecule has 7 nitrogen and oxygen atoms in total. The van der Waals surface area contributed by atoms with Gasteiger partial charge < -0.3 is 15.4 Å². The fourth-order valence-corrected chi connectivity index (χ4v) is 2.57. The van der Waals surface area contributed by atoms with Crippen LogP contribution in [0.15, 0.2) is 54.9 Å². The fourth-order valence-electron chi connectivity index (χ4n) is 2.57. The second kappa shape index (κ2) is 8.30. The summed E-state index contributed by atoms with van der Waals surface area (Å²) in [5.41, 5.74) is 4.20. The zero-order chi connectivity index (χ0) is 20.1. The maximum absolute atomic E-state index is 12.4. The average Bonchev–Trinajstić information content (AvgIpc) is 2.71. The number of carbonyl (C=O) groups is 2. The third kappa shape index (κ3) is 4.32. The van der Waals surface area contributed by atoms with Crippen LogP contribution in [0.25, 0.3) is 0 Å². The number of hydrogen-bond acceptors (Lipinski definition) is 6. The van der Waals surface area contributed by atoms with Gasteiger partial charge in [0.25, 0.3) is 5.91 Å². The van der Waals surface area contributed by atoms with Gasteiger partial charge in [0.1, 0.15) is 11.5 Å². The van der Waals surface area contributed by atoms with Crippen molar-refractivity contribution in [1.29, 1.82) is 0 Å². The number of esters is 1. The van der Waals surface area contributed by atoms with E-state index in [-0.39, 0.29) is 5.69 Å². The van der Waals surface area contributed by atoms with Crippen molar-refractivity contribution in [2.45, 2.75) is 13.8 Å². The van der Waals surface area contributed by atoms with Gasteiger partial charge in [-0.25, -0.2) is 14.8 Å². The lowest BCUT2D eigenvalue weighted by Crippen LogP contribution is -2.15. The maximum atomic E-state index is 12.4. The van der Waals surface area contributed by atoms with Gasteiger partial charge in [-0.05, 0) is 49.2 Å². The van der Waals surface area contributed by atoms with Crippen molar-refractivity contribution in [1.82, 2.24) is 9.97 Å². The van der Waals surface area contributed by atoms with E-state index >= 15 is 0 Å². The monoisotopic (exact) mass is 376 g/mol. The predicted molar refractivity (Wildman–Crippen MR) is 107 cm³/mol. The van der Waals surface area contributed by atoms with Crippen molar-refractivity contribution in [3.63, 3.8) is 0 Å². The number of aromatic nitrogens is 2. The molecule has 3 rings (SSSR count). The van der Waals surface area contributed by atoms with Gasteiger partial charge in [0.2, 0.25) is 0 Å². The molecule has 0 spiro atoms. The number of benzene rings is 2. The molecule has 0 aliphatic rings. The standard InChI is InChI=1S/C21H20N4O3/c1-13-6-4-9-17(14(13)2)25-19-12-22-18(11-23-19)20(26)24-16-8-5-7-15(10-16)21(27)28-3/h4-12H,1-3H3,(H,23,25)(H,24,26). The maximum Gasteiger partial charge on any atom is 0.337 e. The molecule has 2 N–H and O–H groups in total. The average molecular weight is 376 g/mol. The van der Waals surface area contributed by atoms with E-state index in [4.69, 9.17) is 0 Å². The van der Waals surface area contributed by atoms with Crippen LogP contribution in [-0.4, -0.2) is 29.0 Å². The zero-order valence-corrected chi connectivity index (χ0v) is 15.8. The Morgan fingerprint density at radius 3 is 2.50 bits per heavy atom. The molecule has 0 saturated heterocycles. The summed E-state index contributed by atoms with van der Waals surface area (Å²) in [5.74, 6) is -0.358. The van der Waals surface area contributed by atoms with Gasteiger partial charge in [0, 0.05) is 11.4 Å². The minimum Gasteiger partial charge on any atom is -0.465 e. The first kappa shape index (κ1) is 19.0. The van der Waals surface area contributed by atoms with Crippen LogP contribution < -0.4 is 10.6 Å². The second-order valence-electron chi connectivity index (χ2n) is 6.19. The lowest BCUT2D eigenvalue weighted by Gasteiger charge is -2.11. The summed E-state index contributed by atoms with van der Waals surface area (Å²) in [6.45, 7) is 4.06. The summed E-state index contributed by atoms with van der Waals surface area (Å²) in [7, 11) is 1.30. The number of anilines is 3. The Balaban J connectivity index is 1.70. The third-order valence-corrected chi connectivity index (χ3v) is 4.29. The molecule has 28 heavy (non-hydrogen) atoms. The van der Waals surface area contributed by atoms with Crippen LogP contribution in [-0.2, 0) is 4.74 Å². The number of nitrogens with one attached hydrogen (secondary N) is 2. The van der Waals surface area contributed by atoms with Crippen molar-refractivity contribution in [2.24, 2.45) is 0 Å². The predicted octanol–water partition coefficient (Wildman–Crippen LogP) is 3.88. The molecule has 7 heteroatoms. The number of rotatable bonds is 5. The highest BCUT2D eigenvalue weighted by molar-refractivity contribution is 6.03. The van der Waals surface area contributed by atoms with E-state index in [0.717, 1.165) is 11.3 Å². The molecule has 1 amide bonds. The van der Waals surface area contributed by atoms with Crippen LogP contribution in [0.3, 0.4) is 0 Å². The summed E-state index contributed by atoms with van der Waals surface area (Å²) in [4.78, 5) is 32.4. The van der Waals surface area contributed by atoms with Crippen LogP contribution in [0.1, 0.15) is 32.0 Å². The minimum absolute atomic E-state index is 0.162. The molecule has 3 aromatic rings. The summed E-state index contributed by atoms with van der Waals surface area (Å²) < 4.78 is 4.68. The molecule has 0 fully saturated rings. The number of nitrogens with zero attached hydrogens (tertiary/aromatic N) is 2. The Morgan fingerprint density at radius 1 is 1.00 bits per heavy atom. The van der Waals surface area contributed by atoms with E-state index in [1.165, 1.54) is 31.1 Å². The molecule has 142 valence electrons. The first-order valence-electron chi connectivity index (χ1n) is 8.63. The van der Waals surface area contributed by atoms with Crippen molar-refractivity contribution in [3.05, 3.63) is 77.2 Å². The molecular formula is C21H20N4O3. The lowest BCUT2D eigenvalue weighted by atomic mass is 10.1. The Bertz CT molecular complexity index is 1020. The molecule has 0 radical (unpaired) electrons. The molecule has 0 aliphatic heterocycles. The zero-order valence-electron chi connectivity index (χ0n) is 15.8. The van der Waals surface area contributed by atoms with E-state index in [0.29, 0.717) is 17.1 Å². The molecule has 0 unspecified atom stereocenters. The quantitative estimate of drug-likeness (QED) is 0.657. The lowest BCUT2D eigenvalue weighted by molar-refractivity contribution is 0.0600. The Morgan fingerprint density at radius 2 is 1.79 bits per heavy atom. The molecule has 0 aliphatic carbocycles. The highest BCUT2D eigenvalue weighted by Crippen LogP contribution is 2.21. The molecule has 1 aromatic heterocycles. The van der Waals surface area contributed by atoms with E-state index < -0.39 is 11.9 Å². The second-order valence-corrected chi connectivity index (χ2v) is 6.19. The van der Waals surface area contributed by atoms with Crippen molar-refractivity contribution < 1.29 is 14.3 Å². The van der Waals surface area contributed by atoms with Gasteiger partial charge in [-0.1, -0.05) is 18.2 Å². The minimum atomic E-state index is -0.474. The number of aryl methyl sites for hydroxylation is 1. The smallest absolute Gasteiger partial charge is 0.337 e. The first-order valence-corrected chi connectivity index (χ1v) is 8.63. The highest BCUT2D eigenvalue weighted by Gasteiger charge is 2.11. The van der Waals surface area contributed by atoms with Crippen LogP contribution in [0.2, 0.25) is 0 Å². The number of ether oxygens (including phenoxy) is 1. The van der Waals surface area contributed by atoms with E-state index in [1.54, 1.807) is 18.2 Å². The van der Waals surface area contributed by atoms with Crippen molar-refractivity contribution in [3.8, 4) is 0 Å². The van der Waals surface area contributed by atoms with Crippen molar-refractivity contribution in [2.75, 3.05) is 17.7 Å². The number of amides is 1. The highest BCUT2D eigenvalue weighted by atomic mass is 16.5. The molecule has 0 saturated carbocycles. The summed E-state index contributed by atoms with van der Waals surface area (Å²) in [6.07, 6.45) is 2.90. The van der Waals surface area contributed by atoms with Gasteiger partial charge in [-0.2, -0.15) is 0 Å². The third-order valence-electron chi connectivity index (χ3n) is 4.29. The summed E-state index contributed by atoms with van der Waals surface area (Å²) in [6, 6.07) is 12.4. The van der Waals surface area contributed by atoms with Crippen LogP contribution >= 0.6 is 0 Å². The molecule has 2 aromatic carbocycles. The summed E-state index contributed by atoms with van der Waals surface area (Å²) >= 11 is 0. The molecule has 1 heterocycles. The SMILES string of the molecule is COC(=O)c1cccc(NC(=O)c2cnc(Nc3cccc(C)c3C)cn2)c1. The molecule has 0 bridgehead atoms. The van der Waals surface area contributed by atoms with Gasteiger partial charge in [-0.3, -0.25) is 4.79 Å². The van der Waals surface area contributed by atoms with Gasteiger partial charge >= 0.3 is 5.97 Å². The summed E-state index contributed by atoms with van der Waals surface area (Å²) in [5, 5.41) is 5.89. The molecular weight excluding hydrogens is 356 g/mol. The Kier molecular flexibility index (Phi) is 5.64. The Hall–Kier alpha value is -3.74. The number of methoxy groups -OCH3 is 1. The van der Waals surface area contributed by atoms with Gasteiger partial charge in [0.15, 0.2) is 0 Å². The topological polar surface area (TPSA) is 93.2 Å². The van der Waals surface area contributed by atoms with Crippen LogP contribution in [0.4, 0.5) is 17.2 Å². The molecule has 0 atom stereocenters. The van der Waals surface area contributed by atoms with Crippen LogP contribution in [0.5, 0.6) is 0 Å².